The topological polar surface area (TPSA) is 36.9 Å². The van der Waals surface area contributed by atoms with E-state index >= 15 is 0 Å². The van der Waals surface area contributed by atoms with Crippen molar-refractivity contribution in [2.45, 2.75) is 37.5 Å². The molecule has 2 heterocycles. The molecule has 12 heteroatoms. The van der Waals surface area contributed by atoms with Crippen molar-refractivity contribution in [1.82, 2.24) is 0 Å². The Labute approximate surface area is 166 Å². The van der Waals surface area contributed by atoms with Crippen molar-refractivity contribution in [3.8, 4) is 0 Å². The maximum absolute atomic E-state index is 5.87. The maximum Gasteiger partial charge on any atom is 0.341 e. The first-order valence-corrected chi connectivity index (χ1v) is 17.7. The van der Waals surface area contributed by atoms with Crippen molar-refractivity contribution in [2.24, 2.45) is 5.41 Å². The minimum atomic E-state index is -2.64. The average molecular weight is 483 g/mol. The van der Waals surface area contributed by atoms with E-state index in [2.05, 4.69) is 0 Å². The number of halogens is 6. The van der Waals surface area contributed by atoms with E-state index in [1.54, 1.807) is 0 Å². The van der Waals surface area contributed by atoms with E-state index in [-0.39, 0.29) is 18.0 Å². The van der Waals surface area contributed by atoms with Crippen LogP contribution in [0.3, 0.4) is 0 Å². The molecule has 2 fully saturated rings. The highest BCUT2D eigenvalue weighted by Gasteiger charge is 2.42. The molecule has 0 atom stereocenters. The molecule has 0 radical (unpaired) electrons. The van der Waals surface area contributed by atoms with E-state index in [1.165, 1.54) is 0 Å². The highest BCUT2D eigenvalue weighted by atomic mass is 35.8. The zero-order chi connectivity index (χ0) is 17.1. The van der Waals surface area contributed by atoms with Crippen molar-refractivity contribution < 1.29 is 18.9 Å². The minimum absolute atomic E-state index is 0.290. The Balaban J connectivity index is 1.69. The SMILES string of the molecule is Cl[Si](Cl)(Cl)CCC1OCC2(CO1)COC(CC[Si](Cl)(Cl)Cl)OC2. The van der Waals surface area contributed by atoms with Crippen molar-refractivity contribution in [3.05, 3.63) is 0 Å². The van der Waals surface area contributed by atoms with E-state index in [9.17, 15) is 0 Å². The molecule has 0 aromatic carbocycles. The molecule has 0 aliphatic carbocycles. The average Bonchev–Trinajstić information content (AvgIpc) is 2.45. The van der Waals surface area contributed by atoms with Gasteiger partial charge in [0.2, 0.25) is 0 Å². The fourth-order valence-corrected chi connectivity index (χ4v) is 5.41. The molecule has 2 aliphatic heterocycles. The van der Waals surface area contributed by atoms with Crippen LogP contribution in [0.2, 0.25) is 12.1 Å². The molecule has 23 heavy (non-hydrogen) atoms. The molecule has 0 amide bonds. The zero-order valence-corrected chi connectivity index (χ0v) is 18.7. The number of ether oxygens (including phenoxy) is 4. The van der Waals surface area contributed by atoms with Crippen LogP contribution in [0.25, 0.3) is 0 Å². The highest BCUT2D eigenvalue weighted by molar-refractivity contribution is 7.65. The quantitative estimate of drug-likeness (QED) is 0.402. The summed E-state index contributed by atoms with van der Waals surface area (Å²) in [5.41, 5.74) is -0.290. The first-order chi connectivity index (χ1) is 10.6. The Bertz CT molecular complexity index is 336. The van der Waals surface area contributed by atoms with Crippen molar-refractivity contribution in [3.63, 3.8) is 0 Å². The van der Waals surface area contributed by atoms with E-state index < -0.39 is 12.0 Å². The van der Waals surface area contributed by atoms with Gasteiger partial charge in [-0.25, -0.2) is 0 Å². The molecular formula is C11H18Cl6O4Si2. The summed E-state index contributed by atoms with van der Waals surface area (Å²) < 4.78 is 22.9. The molecule has 0 saturated carbocycles. The normalized spacial score (nSPS) is 33.1. The maximum atomic E-state index is 5.87. The highest BCUT2D eigenvalue weighted by Crippen LogP contribution is 2.35. The molecule has 0 unspecified atom stereocenters. The van der Waals surface area contributed by atoms with Gasteiger partial charge < -0.3 is 18.9 Å². The molecule has 136 valence electrons. The summed E-state index contributed by atoms with van der Waals surface area (Å²) in [5, 5.41) is 0. The van der Waals surface area contributed by atoms with E-state index in [0.29, 0.717) is 51.4 Å². The van der Waals surface area contributed by atoms with Crippen LogP contribution in [0.1, 0.15) is 12.8 Å². The second kappa shape index (κ2) is 8.80. The lowest BCUT2D eigenvalue weighted by molar-refractivity contribution is -0.302. The Morgan fingerprint density at radius 1 is 0.652 bits per heavy atom. The first-order valence-electron chi connectivity index (χ1n) is 7.17. The van der Waals surface area contributed by atoms with E-state index in [4.69, 9.17) is 85.4 Å². The van der Waals surface area contributed by atoms with Gasteiger partial charge in [0.1, 0.15) is 0 Å². The van der Waals surface area contributed by atoms with Gasteiger partial charge in [0, 0.05) is 0 Å². The molecule has 0 bridgehead atoms. The third kappa shape index (κ3) is 8.05. The Morgan fingerprint density at radius 3 is 1.22 bits per heavy atom. The lowest BCUT2D eigenvalue weighted by Gasteiger charge is -2.44. The van der Waals surface area contributed by atoms with Gasteiger partial charge in [0.15, 0.2) is 12.6 Å². The van der Waals surface area contributed by atoms with Crippen molar-refractivity contribution in [1.29, 1.82) is 0 Å². The molecule has 2 rings (SSSR count). The van der Waals surface area contributed by atoms with Gasteiger partial charge in [0.25, 0.3) is 0 Å². The van der Waals surface area contributed by atoms with E-state index in [1.807, 2.05) is 0 Å². The Hall–Kier alpha value is 2.01. The first kappa shape index (κ1) is 21.3. The van der Waals surface area contributed by atoms with Crippen LogP contribution in [0.15, 0.2) is 0 Å². The van der Waals surface area contributed by atoms with Gasteiger partial charge in [-0.1, -0.05) is 0 Å². The summed E-state index contributed by atoms with van der Waals surface area (Å²) >= 11 is 35.2. The molecule has 1 spiro atoms. The zero-order valence-electron chi connectivity index (χ0n) is 12.2. The fraction of sp³-hybridized carbons (Fsp3) is 1.00. The number of hydrogen-bond donors (Lipinski definition) is 0. The lowest BCUT2D eigenvalue weighted by Crippen LogP contribution is -2.52. The second-order valence-corrected chi connectivity index (χ2v) is 24.5. The van der Waals surface area contributed by atoms with Crippen LogP contribution in [0, 0.1) is 5.41 Å². The Kier molecular flexibility index (Phi) is 8.16. The van der Waals surface area contributed by atoms with Gasteiger partial charge in [-0.2, -0.15) is 0 Å². The van der Waals surface area contributed by atoms with E-state index in [0.717, 1.165) is 0 Å². The standard InChI is InChI=1S/C11H18Cl6O4Si2/c12-22(13,14)3-1-9-18-5-11(6-19-9)7-20-10(21-8-11)2-4-23(15,16)17/h9-10H,1-8H2. The molecule has 4 nitrogen and oxygen atoms in total. The van der Waals surface area contributed by atoms with Crippen LogP contribution < -0.4 is 0 Å². The third-order valence-electron chi connectivity index (χ3n) is 3.63. The van der Waals surface area contributed by atoms with Gasteiger partial charge in [-0.15, -0.1) is 66.5 Å². The van der Waals surface area contributed by atoms with Gasteiger partial charge >= 0.3 is 12.0 Å². The van der Waals surface area contributed by atoms with Crippen LogP contribution >= 0.6 is 66.5 Å². The summed E-state index contributed by atoms with van der Waals surface area (Å²) in [6, 6.07) is -4.28. The molecule has 2 saturated heterocycles. The smallest absolute Gasteiger partial charge is 0.341 e. The van der Waals surface area contributed by atoms with Crippen molar-refractivity contribution in [2.75, 3.05) is 26.4 Å². The van der Waals surface area contributed by atoms with Gasteiger partial charge in [-0.05, 0) is 24.9 Å². The van der Waals surface area contributed by atoms with Crippen LogP contribution in [0.4, 0.5) is 0 Å². The molecule has 0 N–H and O–H groups in total. The van der Waals surface area contributed by atoms with Gasteiger partial charge in [0.05, 0.1) is 31.8 Å². The third-order valence-corrected chi connectivity index (χ3v) is 8.74. The number of rotatable bonds is 6. The second-order valence-electron chi connectivity index (χ2n) is 5.91. The lowest BCUT2D eigenvalue weighted by atomic mass is 9.90. The summed E-state index contributed by atoms with van der Waals surface area (Å²) in [5.74, 6) is 0. The fourth-order valence-electron chi connectivity index (χ4n) is 2.32. The molecular weight excluding hydrogens is 465 g/mol. The summed E-state index contributed by atoms with van der Waals surface area (Å²) in [4.78, 5) is 0. The molecule has 0 aromatic heterocycles. The Morgan fingerprint density at radius 2 is 0.957 bits per heavy atom. The summed E-state index contributed by atoms with van der Waals surface area (Å²) in [6.07, 6.45) is 0.488. The molecule has 0 aromatic rings. The van der Waals surface area contributed by atoms with Crippen LogP contribution in [-0.2, 0) is 18.9 Å². The predicted molar refractivity (Wildman–Crippen MR) is 99.3 cm³/mol. The minimum Gasteiger partial charge on any atom is -0.352 e. The summed E-state index contributed by atoms with van der Waals surface area (Å²) in [7, 11) is 0. The molecule has 2 aliphatic rings. The largest absolute Gasteiger partial charge is 0.352 e. The van der Waals surface area contributed by atoms with Crippen molar-refractivity contribution >= 4 is 78.5 Å². The summed E-state index contributed by atoms with van der Waals surface area (Å²) in [6.45, 7) is 1.96. The van der Waals surface area contributed by atoms with Crippen LogP contribution in [0.5, 0.6) is 0 Å². The van der Waals surface area contributed by atoms with Crippen LogP contribution in [-0.4, -0.2) is 51.0 Å². The monoisotopic (exact) mass is 480 g/mol. The number of hydrogen-bond acceptors (Lipinski definition) is 4. The van der Waals surface area contributed by atoms with Gasteiger partial charge in [-0.3, -0.25) is 0 Å². The predicted octanol–water partition coefficient (Wildman–Crippen LogP) is 4.81.